The van der Waals surface area contributed by atoms with E-state index in [1.165, 1.54) is 7.11 Å². The van der Waals surface area contributed by atoms with Crippen LogP contribution in [0, 0.1) is 0 Å². The van der Waals surface area contributed by atoms with Crippen LogP contribution >= 0.6 is 0 Å². The Balaban J connectivity index is 2.50. The number of amides is 1. The molecule has 1 aromatic carbocycles. The predicted molar refractivity (Wildman–Crippen MR) is 85.6 cm³/mol. The molecule has 3 N–H and O–H groups in total. The van der Waals surface area contributed by atoms with Crippen LogP contribution in [0.3, 0.4) is 0 Å². The zero-order chi connectivity index (χ0) is 15.7. The highest BCUT2D eigenvalue weighted by Crippen LogP contribution is 2.09. The van der Waals surface area contributed by atoms with Crippen LogP contribution in [0.15, 0.2) is 29.3 Å². The van der Waals surface area contributed by atoms with Crippen molar-refractivity contribution in [3.8, 4) is 0 Å². The third kappa shape index (κ3) is 6.16. The molecule has 0 aliphatic carbocycles. The molecule has 1 amide bonds. The minimum atomic E-state index is -0.473. The molecule has 0 heterocycles. The number of methoxy groups -OCH3 is 1. The molecule has 1 unspecified atom stereocenters. The summed E-state index contributed by atoms with van der Waals surface area (Å²) in [7, 11) is 3.09. The molecule has 0 bridgehead atoms. The molecule has 0 aromatic heterocycles. The topological polar surface area (TPSA) is 74.8 Å². The van der Waals surface area contributed by atoms with Crippen molar-refractivity contribution in [3.05, 3.63) is 29.8 Å². The Bertz CT molecular complexity index is 471. The molecule has 6 heteroatoms. The van der Waals surface area contributed by atoms with Crippen molar-refractivity contribution in [3.63, 3.8) is 0 Å². The average Bonchev–Trinajstić information content (AvgIpc) is 2.52. The van der Waals surface area contributed by atoms with E-state index in [-0.39, 0.29) is 0 Å². The Hall–Kier alpha value is -2.24. The molecule has 1 atom stereocenters. The molecule has 0 aliphatic heterocycles. The van der Waals surface area contributed by atoms with Gasteiger partial charge in [-0.25, -0.2) is 4.79 Å². The van der Waals surface area contributed by atoms with Crippen molar-refractivity contribution < 1.29 is 9.53 Å². The number of carbonyl (C=O) groups excluding carboxylic acids is 1. The second kappa shape index (κ2) is 8.84. The van der Waals surface area contributed by atoms with Gasteiger partial charge in [0.15, 0.2) is 5.96 Å². The number of hydrogen-bond donors (Lipinski definition) is 3. The standard InChI is InChI=1S/C15H24N4O2/c1-5-11(2)18-14(16-3)17-10-12-6-8-13(9-7-12)19-15(20)21-4/h6-9,11H,5,10H2,1-4H3,(H,19,20)(H2,16,17,18). The third-order valence-electron chi connectivity index (χ3n) is 3.06. The second-order valence-electron chi connectivity index (χ2n) is 4.69. The van der Waals surface area contributed by atoms with Gasteiger partial charge in [0.2, 0.25) is 0 Å². The first-order chi connectivity index (χ1) is 10.1. The Morgan fingerprint density at radius 3 is 2.52 bits per heavy atom. The monoisotopic (exact) mass is 292 g/mol. The molecule has 0 saturated carbocycles. The van der Waals surface area contributed by atoms with Gasteiger partial charge in [0.25, 0.3) is 0 Å². The van der Waals surface area contributed by atoms with Crippen LogP contribution in [0.4, 0.5) is 10.5 Å². The van der Waals surface area contributed by atoms with Crippen LogP contribution in [0.25, 0.3) is 0 Å². The normalized spacial score (nSPS) is 12.5. The highest BCUT2D eigenvalue weighted by atomic mass is 16.5. The van der Waals surface area contributed by atoms with Gasteiger partial charge in [-0.1, -0.05) is 19.1 Å². The maximum atomic E-state index is 11.1. The number of benzene rings is 1. The molecule has 21 heavy (non-hydrogen) atoms. The van der Waals surface area contributed by atoms with Gasteiger partial charge in [0.05, 0.1) is 7.11 Å². The van der Waals surface area contributed by atoms with E-state index >= 15 is 0 Å². The predicted octanol–water partition coefficient (Wildman–Crippen LogP) is 2.33. The molecule has 1 aromatic rings. The van der Waals surface area contributed by atoms with E-state index in [1.54, 1.807) is 7.05 Å². The summed E-state index contributed by atoms with van der Waals surface area (Å²) < 4.78 is 4.54. The largest absolute Gasteiger partial charge is 0.453 e. The maximum absolute atomic E-state index is 11.1. The minimum Gasteiger partial charge on any atom is -0.453 e. The van der Waals surface area contributed by atoms with Gasteiger partial charge in [-0.3, -0.25) is 10.3 Å². The highest BCUT2D eigenvalue weighted by molar-refractivity contribution is 5.84. The number of rotatable bonds is 5. The van der Waals surface area contributed by atoms with E-state index in [2.05, 4.69) is 39.5 Å². The minimum absolute atomic E-state index is 0.378. The SMILES string of the molecule is CCC(C)NC(=NC)NCc1ccc(NC(=O)OC)cc1. The number of anilines is 1. The number of hydrogen-bond acceptors (Lipinski definition) is 3. The lowest BCUT2D eigenvalue weighted by Crippen LogP contribution is -2.41. The van der Waals surface area contributed by atoms with Gasteiger partial charge in [-0.2, -0.15) is 0 Å². The summed E-state index contributed by atoms with van der Waals surface area (Å²) in [6.07, 6.45) is 0.563. The fraction of sp³-hybridized carbons (Fsp3) is 0.467. The number of ether oxygens (including phenoxy) is 1. The van der Waals surface area contributed by atoms with Gasteiger partial charge >= 0.3 is 6.09 Å². The number of guanidine groups is 1. The Morgan fingerprint density at radius 1 is 1.33 bits per heavy atom. The molecular formula is C15H24N4O2. The molecule has 0 radical (unpaired) electrons. The van der Waals surface area contributed by atoms with E-state index in [9.17, 15) is 4.79 Å². The average molecular weight is 292 g/mol. The molecule has 0 fully saturated rings. The van der Waals surface area contributed by atoms with Crippen molar-refractivity contribution in [2.75, 3.05) is 19.5 Å². The van der Waals surface area contributed by atoms with Crippen LogP contribution in [0.2, 0.25) is 0 Å². The van der Waals surface area contributed by atoms with Crippen LogP contribution < -0.4 is 16.0 Å². The fourth-order valence-corrected chi connectivity index (χ4v) is 1.59. The summed E-state index contributed by atoms with van der Waals surface area (Å²) in [5.74, 6) is 0.779. The number of nitrogens with zero attached hydrogens (tertiary/aromatic N) is 1. The Labute approximate surface area is 126 Å². The number of aliphatic imine (C=N–C) groups is 1. The molecule has 0 saturated heterocycles. The van der Waals surface area contributed by atoms with E-state index in [0.29, 0.717) is 18.3 Å². The molecule has 0 spiro atoms. The van der Waals surface area contributed by atoms with E-state index in [4.69, 9.17) is 0 Å². The van der Waals surface area contributed by atoms with E-state index in [0.717, 1.165) is 17.9 Å². The summed E-state index contributed by atoms with van der Waals surface area (Å²) in [5, 5.41) is 9.16. The summed E-state index contributed by atoms with van der Waals surface area (Å²) in [4.78, 5) is 15.3. The molecule has 6 nitrogen and oxygen atoms in total. The van der Waals surface area contributed by atoms with Crippen molar-refractivity contribution in [1.82, 2.24) is 10.6 Å². The second-order valence-corrected chi connectivity index (χ2v) is 4.69. The Kier molecular flexibility index (Phi) is 7.08. The molecule has 1 rings (SSSR count). The van der Waals surface area contributed by atoms with Gasteiger partial charge in [-0.15, -0.1) is 0 Å². The van der Waals surface area contributed by atoms with Gasteiger partial charge in [0.1, 0.15) is 0 Å². The first-order valence-electron chi connectivity index (χ1n) is 7.00. The van der Waals surface area contributed by atoms with Crippen molar-refractivity contribution in [2.45, 2.75) is 32.9 Å². The summed E-state index contributed by atoms with van der Waals surface area (Å²) in [5.41, 5.74) is 1.80. The van der Waals surface area contributed by atoms with Gasteiger partial charge in [0, 0.05) is 25.3 Å². The highest BCUT2D eigenvalue weighted by Gasteiger charge is 2.03. The lowest BCUT2D eigenvalue weighted by Gasteiger charge is -2.16. The number of carbonyl (C=O) groups is 1. The quantitative estimate of drug-likeness (QED) is 0.575. The zero-order valence-corrected chi connectivity index (χ0v) is 13.1. The first kappa shape index (κ1) is 16.8. The van der Waals surface area contributed by atoms with Crippen LogP contribution in [0.1, 0.15) is 25.8 Å². The summed E-state index contributed by atoms with van der Waals surface area (Å²) in [6.45, 7) is 4.90. The van der Waals surface area contributed by atoms with Crippen LogP contribution in [0.5, 0.6) is 0 Å². The Morgan fingerprint density at radius 2 is 2.00 bits per heavy atom. The summed E-state index contributed by atoms with van der Waals surface area (Å²) >= 11 is 0. The fourth-order valence-electron chi connectivity index (χ4n) is 1.59. The smallest absolute Gasteiger partial charge is 0.411 e. The van der Waals surface area contributed by atoms with Gasteiger partial charge in [-0.05, 0) is 31.0 Å². The van der Waals surface area contributed by atoms with Crippen molar-refractivity contribution in [1.29, 1.82) is 0 Å². The van der Waals surface area contributed by atoms with Crippen LogP contribution in [-0.4, -0.2) is 32.3 Å². The van der Waals surface area contributed by atoms with E-state index in [1.807, 2.05) is 24.3 Å². The summed E-state index contributed by atoms with van der Waals surface area (Å²) in [6, 6.07) is 7.92. The van der Waals surface area contributed by atoms with Gasteiger partial charge < -0.3 is 15.4 Å². The zero-order valence-electron chi connectivity index (χ0n) is 13.1. The first-order valence-corrected chi connectivity index (χ1v) is 7.00. The lowest BCUT2D eigenvalue weighted by atomic mass is 10.2. The maximum Gasteiger partial charge on any atom is 0.411 e. The van der Waals surface area contributed by atoms with Crippen LogP contribution in [-0.2, 0) is 11.3 Å². The molecule has 116 valence electrons. The lowest BCUT2D eigenvalue weighted by molar-refractivity contribution is 0.187. The van der Waals surface area contributed by atoms with Crippen molar-refractivity contribution >= 4 is 17.7 Å². The van der Waals surface area contributed by atoms with Crippen molar-refractivity contribution in [2.24, 2.45) is 4.99 Å². The van der Waals surface area contributed by atoms with E-state index < -0.39 is 6.09 Å². The molecule has 0 aliphatic rings. The third-order valence-corrected chi connectivity index (χ3v) is 3.06. The molecular weight excluding hydrogens is 268 g/mol. The number of nitrogens with one attached hydrogen (secondary N) is 3.